The van der Waals surface area contributed by atoms with Gasteiger partial charge in [0.25, 0.3) is 5.56 Å². The summed E-state index contributed by atoms with van der Waals surface area (Å²) in [5.41, 5.74) is 2.23. The lowest BCUT2D eigenvalue weighted by Crippen LogP contribution is -2.30. The summed E-state index contributed by atoms with van der Waals surface area (Å²) in [5, 5.41) is 5.23. The summed E-state index contributed by atoms with van der Waals surface area (Å²) < 4.78 is 6.57. The third-order valence-corrected chi connectivity index (χ3v) is 3.89. The molecule has 8 heteroatoms. The highest BCUT2D eigenvalue weighted by Crippen LogP contribution is 2.05. The van der Waals surface area contributed by atoms with Crippen molar-refractivity contribution in [2.75, 3.05) is 11.9 Å². The largest absolute Gasteiger partial charge is 0.459 e. The molecule has 3 rings (SSSR count). The predicted molar refractivity (Wildman–Crippen MR) is 104 cm³/mol. The normalized spacial score (nSPS) is 10.5. The second-order valence-corrected chi connectivity index (χ2v) is 6.18. The van der Waals surface area contributed by atoms with E-state index in [0.29, 0.717) is 17.0 Å². The molecule has 0 atom stereocenters. The van der Waals surface area contributed by atoms with Crippen LogP contribution >= 0.6 is 0 Å². The number of rotatable bonds is 6. The van der Waals surface area contributed by atoms with Crippen LogP contribution in [0.15, 0.2) is 59.5 Å². The Labute approximate surface area is 161 Å². The lowest BCUT2D eigenvalue weighted by atomic mass is 10.3. The first kappa shape index (κ1) is 19.1. The second-order valence-electron chi connectivity index (χ2n) is 6.18. The zero-order valence-corrected chi connectivity index (χ0v) is 15.3. The Morgan fingerprint density at radius 3 is 2.71 bits per heavy atom. The fraction of sp³-hybridized carbons (Fsp3) is 0.200. The molecule has 0 radical (unpaired) electrons. The third-order valence-electron chi connectivity index (χ3n) is 3.89. The number of carbonyl (C=O) groups excluding carboxylic acids is 2. The number of anilines is 1. The Kier molecular flexibility index (Phi) is 6.01. The Morgan fingerprint density at radius 2 is 1.93 bits per heavy atom. The van der Waals surface area contributed by atoms with E-state index in [-0.39, 0.29) is 25.1 Å². The maximum atomic E-state index is 12.1. The molecule has 0 aliphatic rings. The molecule has 3 aromatic rings. The number of nitrogens with one attached hydrogen (secondary N) is 2. The number of benzene rings is 1. The predicted octanol–water partition coefficient (Wildman–Crippen LogP) is 2.26. The van der Waals surface area contributed by atoms with Crippen molar-refractivity contribution >= 4 is 23.3 Å². The number of amides is 2. The molecule has 0 aliphatic carbocycles. The lowest BCUT2D eigenvalue weighted by Gasteiger charge is -2.08. The summed E-state index contributed by atoms with van der Waals surface area (Å²) >= 11 is 0. The summed E-state index contributed by atoms with van der Waals surface area (Å²) in [7, 11) is 0. The Morgan fingerprint density at radius 1 is 1.14 bits per heavy atom. The van der Waals surface area contributed by atoms with Gasteiger partial charge in [0, 0.05) is 24.5 Å². The maximum absolute atomic E-state index is 12.1. The summed E-state index contributed by atoms with van der Waals surface area (Å²) in [5.74, 6) is -0.495. The number of fused-ring (bicyclic) bond motifs is 1. The molecule has 0 saturated carbocycles. The molecule has 144 valence electrons. The van der Waals surface area contributed by atoms with Gasteiger partial charge in [-0.2, -0.15) is 0 Å². The molecule has 2 N–H and O–H groups in total. The van der Waals surface area contributed by atoms with Crippen LogP contribution < -0.4 is 16.2 Å². The standard InChI is InChI=1S/C20H20N4O4/c1-14-7-8-17-22-16(11-18(25)24(17)12-14)13-28-19(26)9-10-21-20(27)23-15-5-3-2-4-6-15/h2-8,11-12H,9-10,13H2,1H3,(H2,21,23,27). The van der Waals surface area contributed by atoms with E-state index in [1.165, 1.54) is 10.5 Å². The minimum atomic E-state index is -0.495. The number of para-hydroxylation sites is 1. The number of urea groups is 1. The first-order chi connectivity index (χ1) is 13.5. The minimum Gasteiger partial charge on any atom is -0.459 e. The number of hydrogen-bond acceptors (Lipinski definition) is 5. The fourth-order valence-electron chi connectivity index (χ4n) is 2.53. The van der Waals surface area contributed by atoms with Gasteiger partial charge in [0.05, 0.1) is 12.1 Å². The van der Waals surface area contributed by atoms with Crippen molar-refractivity contribution in [3.05, 3.63) is 76.3 Å². The number of ether oxygens (including phenoxy) is 1. The molecule has 1 aromatic carbocycles. The van der Waals surface area contributed by atoms with Gasteiger partial charge in [0.15, 0.2) is 0 Å². The molecule has 0 aliphatic heterocycles. The summed E-state index contributed by atoms with van der Waals surface area (Å²) in [6.45, 7) is 1.91. The number of pyridine rings is 1. The van der Waals surface area contributed by atoms with E-state index in [2.05, 4.69) is 15.6 Å². The van der Waals surface area contributed by atoms with Gasteiger partial charge in [0.1, 0.15) is 12.3 Å². The number of aromatic nitrogens is 2. The molecular weight excluding hydrogens is 360 g/mol. The van der Waals surface area contributed by atoms with Gasteiger partial charge in [-0.1, -0.05) is 24.3 Å². The van der Waals surface area contributed by atoms with Crippen molar-refractivity contribution in [1.29, 1.82) is 0 Å². The van der Waals surface area contributed by atoms with Crippen LogP contribution in [0.3, 0.4) is 0 Å². The molecular formula is C20H20N4O4. The summed E-state index contributed by atoms with van der Waals surface area (Å²) in [4.78, 5) is 40.0. The van der Waals surface area contributed by atoms with Crippen molar-refractivity contribution in [2.24, 2.45) is 0 Å². The van der Waals surface area contributed by atoms with Gasteiger partial charge in [-0.3, -0.25) is 14.0 Å². The lowest BCUT2D eigenvalue weighted by molar-refractivity contribution is -0.144. The molecule has 28 heavy (non-hydrogen) atoms. The van der Waals surface area contributed by atoms with E-state index >= 15 is 0 Å². The van der Waals surface area contributed by atoms with Crippen LogP contribution in [-0.4, -0.2) is 27.9 Å². The van der Waals surface area contributed by atoms with Gasteiger partial charge in [-0.05, 0) is 30.7 Å². The minimum absolute atomic E-state index is 0.00790. The molecule has 0 saturated heterocycles. The number of nitrogens with zero attached hydrogens (tertiary/aromatic N) is 2. The van der Waals surface area contributed by atoms with E-state index in [9.17, 15) is 14.4 Å². The number of aryl methyl sites for hydroxylation is 1. The zero-order chi connectivity index (χ0) is 19.9. The van der Waals surface area contributed by atoms with Gasteiger partial charge >= 0.3 is 12.0 Å². The van der Waals surface area contributed by atoms with Crippen molar-refractivity contribution in [2.45, 2.75) is 20.0 Å². The molecule has 0 bridgehead atoms. The van der Waals surface area contributed by atoms with Gasteiger partial charge < -0.3 is 15.4 Å². The highest BCUT2D eigenvalue weighted by molar-refractivity contribution is 5.89. The first-order valence-electron chi connectivity index (χ1n) is 8.76. The van der Waals surface area contributed by atoms with E-state index in [0.717, 1.165) is 5.56 Å². The van der Waals surface area contributed by atoms with Gasteiger partial charge in [0.2, 0.25) is 0 Å². The molecule has 0 fully saturated rings. The topological polar surface area (TPSA) is 102 Å². The van der Waals surface area contributed by atoms with Crippen LogP contribution in [0, 0.1) is 6.92 Å². The Bertz CT molecular complexity index is 1050. The quantitative estimate of drug-likeness (QED) is 0.639. The van der Waals surface area contributed by atoms with E-state index < -0.39 is 12.0 Å². The molecule has 2 aromatic heterocycles. The highest BCUT2D eigenvalue weighted by Gasteiger charge is 2.08. The van der Waals surface area contributed by atoms with E-state index in [4.69, 9.17) is 4.74 Å². The first-order valence-corrected chi connectivity index (χ1v) is 8.76. The fourth-order valence-corrected chi connectivity index (χ4v) is 2.53. The molecule has 2 heterocycles. The number of hydrogen-bond donors (Lipinski definition) is 2. The molecule has 0 spiro atoms. The average Bonchev–Trinajstić information content (AvgIpc) is 2.68. The monoisotopic (exact) mass is 380 g/mol. The molecule has 8 nitrogen and oxygen atoms in total. The molecule has 2 amide bonds. The van der Waals surface area contributed by atoms with Crippen molar-refractivity contribution in [1.82, 2.24) is 14.7 Å². The van der Waals surface area contributed by atoms with Crippen LogP contribution in [0.25, 0.3) is 5.65 Å². The zero-order valence-electron chi connectivity index (χ0n) is 15.3. The van der Waals surface area contributed by atoms with Crippen LogP contribution in [0.2, 0.25) is 0 Å². The van der Waals surface area contributed by atoms with Crippen LogP contribution in [-0.2, 0) is 16.1 Å². The van der Waals surface area contributed by atoms with E-state index in [1.807, 2.05) is 19.1 Å². The second kappa shape index (κ2) is 8.81. The third kappa shape index (κ3) is 5.16. The van der Waals surface area contributed by atoms with Crippen LogP contribution in [0.5, 0.6) is 0 Å². The summed E-state index contributed by atoms with van der Waals surface area (Å²) in [6, 6.07) is 13.5. The smallest absolute Gasteiger partial charge is 0.319 e. The van der Waals surface area contributed by atoms with Gasteiger partial charge in [-0.15, -0.1) is 0 Å². The SMILES string of the molecule is Cc1ccc2nc(COC(=O)CCNC(=O)Nc3ccccc3)cc(=O)n2c1. The molecule has 0 unspecified atom stereocenters. The van der Waals surface area contributed by atoms with Crippen molar-refractivity contribution in [3.8, 4) is 0 Å². The van der Waals surface area contributed by atoms with Gasteiger partial charge in [-0.25, -0.2) is 9.78 Å². The number of carbonyl (C=O) groups is 2. The van der Waals surface area contributed by atoms with E-state index in [1.54, 1.807) is 36.5 Å². The number of esters is 1. The highest BCUT2D eigenvalue weighted by atomic mass is 16.5. The maximum Gasteiger partial charge on any atom is 0.319 e. The van der Waals surface area contributed by atoms with Crippen LogP contribution in [0.4, 0.5) is 10.5 Å². The van der Waals surface area contributed by atoms with Crippen LogP contribution in [0.1, 0.15) is 17.7 Å². The summed E-state index contributed by atoms with van der Waals surface area (Å²) in [6.07, 6.45) is 1.71. The van der Waals surface area contributed by atoms with Crippen molar-refractivity contribution in [3.63, 3.8) is 0 Å². The van der Waals surface area contributed by atoms with Crippen molar-refractivity contribution < 1.29 is 14.3 Å². The Hall–Kier alpha value is -3.68. The Balaban J connectivity index is 1.45. The average molecular weight is 380 g/mol.